The minimum absolute atomic E-state index is 0.0347. The van der Waals surface area contributed by atoms with Gasteiger partial charge in [0, 0.05) is 43.4 Å². The van der Waals surface area contributed by atoms with Crippen molar-refractivity contribution in [1.82, 2.24) is 0 Å². The number of allylic oxidation sites excluding steroid dienone is 1. The topological polar surface area (TPSA) is 23.6 Å². The minimum Gasteiger partial charge on any atom is -0.378 e. The number of ketones is 1. The van der Waals surface area contributed by atoms with Gasteiger partial charge in [0.25, 0.3) is 0 Å². The van der Waals surface area contributed by atoms with Crippen LogP contribution >= 0.6 is 11.8 Å². The fourth-order valence-electron chi connectivity index (χ4n) is 2.37. The van der Waals surface area contributed by atoms with Crippen molar-refractivity contribution in [2.45, 2.75) is 4.90 Å². The van der Waals surface area contributed by atoms with E-state index in [1.807, 2.05) is 62.4 Å². The van der Waals surface area contributed by atoms with Crippen LogP contribution < -0.4 is 9.80 Å². The predicted molar refractivity (Wildman–Crippen MR) is 93.9 cm³/mol. The molecule has 0 N–H and O–H groups in total. The Labute approximate surface area is 135 Å². The maximum Gasteiger partial charge on any atom is 0.188 e. The van der Waals surface area contributed by atoms with Gasteiger partial charge in [-0.15, -0.1) is 0 Å². The maximum absolute atomic E-state index is 12.4. The van der Waals surface area contributed by atoms with Crippen LogP contribution in [0.3, 0.4) is 0 Å². The quantitative estimate of drug-likeness (QED) is 0.631. The van der Waals surface area contributed by atoms with Gasteiger partial charge < -0.3 is 9.80 Å². The highest BCUT2D eigenvalue weighted by molar-refractivity contribution is 8.03. The Balaban J connectivity index is 1.82. The highest BCUT2D eigenvalue weighted by Gasteiger charge is 2.22. The van der Waals surface area contributed by atoms with E-state index in [-0.39, 0.29) is 5.78 Å². The van der Waals surface area contributed by atoms with E-state index in [0.717, 1.165) is 16.4 Å². The zero-order valence-corrected chi connectivity index (χ0v) is 13.7. The van der Waals surface area contributed by atoms with Gasteiger partial charge in [-0.25, -0.2) is 0 Å². The van der Waals surface area contributed by atoms with E-state index in [2.05, 4.69) is 17.0 Å². The molecule has 3 nitrogen and oxygen atoms in total. The van der Waals surface area contributed by atoms with E-state index in [4.69, 9.17) is 0 Å². The van der Waals surface area contributed by atoms with Crippen molar-refractivity contribution in [2.75, 3.05) is 30.9 Å². The second-order valence-electron chi connectivity index (χ2n) is 5.42. The Hall–Kier alpha value is -2.20. The zero-order valence-electron chi connectivity index (χ0n) is 12.9. The number of anilines is 2. The maximum atomic E-state index is 12.4. The van der Waals surface area contributed by atoms with Crippen LogP contribution in [-0.2, 0) is 0 Å². The summed E-state index contributed by atoms with van der Waals surface area (Å²) in [5.74, 6) is 0.0347. The lowest BCUT2D eigenvalue weighted by Crippen LogP contribution is -2.11. The highest BCUT2D eigenvalue weighted by atomic mass is 32.2. The van der Waals surface area contributed by atoms with Crippen LogP contribution in [0.4, 0.5) is 11.4 Å². The first-order valence-corrected chi connectivity index (χ1v) is 7.92. The van der Waals surface area contributed by atoms with Gasteiger partial charge >= 0.3 is 0 Å². The first-order chi connectivity index (χ1) is 10.6. The molecule has 0 spiro atoms. The number of benzene rings is 2. The van der Waals surface area contributed by atoms with Gasteiger partial charge in [0.15, 0.2) is 5.78 Å². The fourth-order valence-corrected chi connectivity index (χ4v) is 3.45. The van der Waals surface area contributed by atoms with Gasteiger partial charge in [-0.05, 0) is 36.4 Å². The summed E-state index contributed by atoms with van der Waals surface area (Å²) in [6, 6.07) is 15.9. The summed E-state index contributed by atoms with van der Waals surface area (Å²) in [6.45, 7) is 0. The van der Waals surface area contributed by atoms with Crippen LogP contribution in [0.2, 0.25) is 0 Å². The molecule has 4 heteroatoms. The van der Waals surface area contributed by atoms with E-state index in [0.29, 0.717) is 5.56 Å². The third kappa shape index (κ3) is 2.74. The van der Waals surface area contributed by atoms with Gasteiger partial charge in [0.05, 0.1) is 10.7 Å². The van der Waals surface area contributed by atoms with Crippen LogP contribution in [0.15, 0.2) is 64.5 Å². The summed E-state index contributed by atoms with van der Waals surface area (Å²) < 4.78 is 0. The Morgan fingerprint density at radius 3 is 2.41 bits per heavy atom. The third-order valence-electron chi connectivity index (χ3n) is 3.69. The number of rotatable bonds is 3. The van der Waals surface area contributed by atoms with Crippen LogP contribution in [0, 0.1) is 0 Å². The average Bonchev–Trinajstić information content (AvgIpc) is 2.84. The summed E-state index contributed by atoms with van der Waals surface area (Å²) >= 11 is 1.63. The summed E-state index contributed by atoms with van der Waals surface area (Å²) in [4.78, 5) is 17.7. The van der Waals surface area contributed by atoms with Crippen molar-refractivity contribution >= 4 is 28.9 Å². The lowest BCUT2D eigenvalue weighted by Gasteiger charge is -2.13. The molecule has 0 saturated carbocycles. The van der Waals surface area contributed by atoms with Crippen LogP contribution in [0.5, 0.6) is 0 Å². The molecule has 3 rings (SSSR count). The van der Waals surface area contributed by atoms with E-state index in [9.17, 15) is 4.79 Å². The second kappa shape index (κ2) is 5.89. The second-order valence-corrected chi connectivity index (χ2v) is 6.48. The minimum atomic E-state index is 0.0347. The summed E-state index contributed by atoms with van der Waals surface area (Å²) in [7, 11) is 5.97. The van der Waals surface area contributed by atoms with Gasteiger partial charge in [0.1, 0.15) is 0 Å². The van der Waals surface area contributed by atoms with E-state index in [1.54, 1.807) is 17.8 Å². The summed E-state index contributed by atoms with van der Waals surface area (Å²) in [6.07, 6.45) is 1.72. The SMILES string of the molecule is CN(C)c1ccc(C(=O)C=C2Sc3ccccc3N2C)cc1. The molecule has 0 aromatic heterocycles. The van der Waals surface area contributed by atoms with Crippen LogP contribution in [0.1, 0.15) is 10.4 Å². The fraction of sp³-hybridized carbons (Fsp3) is 0.167. The molecule has 0 amide bonds. The molecule has 0 radical (unpaired) electrons. The number of fused-ring (bicyclic) bond motifs is 1. The molecule has 0 atom stereocenters. The van der Waals surface area contributed by atoms with Crippen molar-refractivity contribution in [3.8, 4) is 0 Å². The molecule has 0 bridgehead atoms. The lowest BCUT2D eigenvalue weighted by molar-refractivity contribution is 0.104. The van der Waals surface area contributed by atoms with Crippen LogP contribution in [-0.4, -0.2) is 26.9 Å². The number of hydrogen-bond donors (Lipinski definition) is 0. The van der Waals surface area contributed by atoms with E-state index in [1.165, 1.54) is 4.90 Å². The molecule has 2 aromatic rings. The Morgan fingerprint density at radius 1 is 1.09 bits per heavy atom. The molecule has 1 aliphatic rings. The number of nitrogens with zero attached hydrogens (tertiary/aromatic N) is 2. The smallest absolute Gasteiger partial charge is 0.188 e. The van der Waals surface area contributed by atoms with Crippen LogP contribution in [0.25, 0.3) is 0 Å². The number of para-hydroxylation sites is 1. The first-order valence-electron chi connectivity index (χ1n) is 7.10. The number of carbonyl (C=O) groups is 1. The molecule has 1 aliphatic heterocycles. The largest absolute Gasteiger partial charge is 0.378 e. The third-order valence-corrected chi connectivity index (χ3v) is 4.86. The molecule has 0 fully saturated rings. The Bertz CT molecular complexity index is 735. The first kappa shape index (κ1) is 14.7. The molecule has 0 unspecified atom stereocenters. The van der Waals surface area contributed by atoms with Gasteiger partial charge in [0.2, 0.25) is 0 Å². The predicted octanol–water partition coefficient (Wildman–Crippen LogP) is 4.02. The molecule has 112 valence electrons. The Morgan fingerprint density at radius 2 is 1.77 bits per heavy atom. The van der Waals surface area contributed by atoms with Crippen molar-refractivity contribution in [3.05, 3.63) is 65.2 Å². The molecule has 0 aliphatic carbocycles. The standard InChI is InChI=1S/C18H18N2OS/c1-19(2)14-10-8-13(9-11-14)16(21)12-18-20(3)15-6-4-5-7-17(15)22-18/h4-12H,1-3H3. The Kier molecular flexibility index (Phi) is 3.94. The number of hydrogen-bond acceptors (Lipinski definition) is 4. The van der Waals surface area contributed by atoms with Gasteiger partial charge in [-0.3, -0.25) is 4.79 Å². The van der Waals surface area contributed by atoms with Crippen molar-refractivity contribution < 1.29 is 4.79 Å². The molecule has 2 aromatic carbocycles. The van der Waals surface area contributed by atoms with E-state index >= 15 is 0 Å². The normalized spacial score (nSPS) is 15.0. The van der Waals surface area contributed by atoms with Crippen molar-refractivity contribution in [3.63, 3.8) is 0 Å². The summed E-state index contributed by atoms with van der Waals surface area (Å²) in [5, 5.41) is 0.961. The summed E-state index contributed by atoms with van der Waals surface area (Å²) in [5.41, 5.74) is 2.95. The number of thioether (sulfide) groups is 1. The monoisotopic (exact) mass is 310 g/mol. The zero-order chi connectivity index (χ0) is 15.7. The molecule has 22 heavy (non-hydrogen) atoms. The van der Waals surface area contributed by atoms with Gasteiger partial charge in [-0.1, -0.05) is 23.9 Å². The molecule has 0 saturated heterocycles. The van der Waals surface area contributed by atoms with Crippen molar-refractivity contribution in [1.29, 1.82) is 0 Å². The highest BCUT2D eigenvalue weighted by Crippen LogP contribution is 2.44. The lowest BCUT2D eigenvalue weighted by atomic mass is 10.1. The molecule has 1 heterocycles. The average molecular weight is 310 g/mol. The van der Waals surface area contributed by atoms with Gasteiger partial charge in [-0.2, -0.15) is 0 Å². The molecular formula is C18H18N2OS. The number of carbonyl (C=O) groups excluding carboxylic acids is 1. The van der Waals surface area contributed by atoms with E-state index < -0.39 is 0 Å². The van der Waals surface area contributed by atoms with Crippen molar-refractivity contribution in [2.24, 2.45) is 0 Å². The molecular weight excluding hydrogens is 292 g/mol.